The third-order valence-electron chi connectivity index (χ3n) is 4.13. The summed E-state index contributed by atoms with van der Waals surface area (Å²) in [4.78, 5) is 36.4. The van der Waals surface area contributed by atoms with Gasteiger partial charge < -0.3 is 10.2 Å². The number of hydrogen-bond donors (Lipinski definition) is 1. The lowest BCUT2D eigenvalue weighted by molar-refractivity contribution is -0.137. The van der Waals surface area contributed by atoms with Gasteiger partial charge in [-0.05, 0) is 33.2 Å². The molecular formula is C16H25N5O2. The van der Waals surface area contributed by atoms with Crippen molar-refractivity contribution in [2.75, 3.05) is 38.0 Å². The number of likely N-dealkylation sites (tertiary alicyclic amines) is 1. The van der Waals surface area contributed by atoms with Gasteiger partial charge in [-0.3, -0.25) is 19.5 Å². The fourth-order valence-electron chi connectivity index (χ4n) is 2.94. The van der Waals surface area contributed by atoms with Gasteiger partial charge in [0.15, 0.2) is 5.82 Å². The van der Waals surface area contributed by atoms with Gasteiger partial charge in [0.1, 0.15) is 0 Å². The maximum atomic E-state index is 12.5. The maximum Gasteiger partial charge on any atom is 0.239 e. The van der Waals surface area contributed by atoms with E-state index in [1.807, 2.05) is 23.6 Å². The summed E-state index contributed by atoms with van der Waals surface area (Å²) in [5.41, 5.74) is 0. The molecule has 0 bridgehead atoms. The minimum absolute atomic E-state index is 0.00651. The zero-order valence-corrected chi connectivity index (χ0v) is 13.9. The second-order valence-corrected chi connectivity index (χ2v) is 5.72. The first-order chi connectivity index (χ1) is 11.1. The van der Waals surface area contributed by atoms with E-state index in [-0.39, 0.29) is 24.3 Å². The summed E-state index contributed by atoms with van der Waals surface area (Å²) in [6, 6.07) is 0. The molecule has 7 heteroatoms. The Bertz CT molecular complexity index is 518. The Hall–Kier alpha value is -2.02. The van der Waals surface area contributed by atoms with Crippen LogP contribution in [0.3, 0.4) is 0 Å². The highest BCUT2D eigenvalue weighted by Gasteiger charge is 2.29. The van der Waals surface area contributed by atoms with Crippen molar-refractivity contribution in [1.82, 2.24) is 19.8 Å². The van der Waals surface area contributed by atoms with Crippen LogP contribution in [0.15, 0.2) is 18.6 Å². The Balaban J connectivity index is 1.86. The monoisotopic (exact) mass is 319 g/mol. The summed E-state index contributed by atoms with van der Waals surface area (Å²) in [6.07, 6.45) is 6.45. The number of nitrogens with zero attached hydrogens (tertiary/aromatic N) is 4. The molecule has 23 heavy (non-hydrogen) atoms. The number of carbonyl (C=O) groups is 2. The summed E-state index contributed by atoms with van der Waals surface area (Å²) in [6.45, 7) is 7.22. The van der Waals surface area contributed by atoms with Crippen molar-refractivity contribution < 1.29 is 9.59 Å². The highest BCUT2D eigenvalue weighted by atomic mass is 16.2. The van der Waals surface area contributed by atoms with Crippen molar-refractivity contribution in [1.29, 1.82) is 0 Å². The summed E-state index contributed by atoms with van der Waals surface area (Å²) in [5.74, 6) is 0.522. The normalized spacial score (nSPS) is 18.4. The summed E-state index contributed by atoms with van der Waals surface area (Å²) >= 11 is 0. The lowest BCUT2D eigenvalue weighted by Crippen LogP contribution is -2.46. The fourth-order valence-corrected chi connectivity index (χ4v) is 2.94. The number of nitrogens with one attached hydrogen (secondary N) is 1. The highest BCUT2D eigenvalue weighted by molar-refractivity contribution is 5.91. The van der Waals surface area contributed by atoms with Crippen molar-refractivity contribution in [3.63, 3.8) is 0 Å². The van der Waals surface area contributed by atoms with Crippen molar-refractivity contribution in [3.05, 3.63) is 18.6 Å². The maximum absolute atomic E-state index is 12.5. The molecule has 1 aromatic rings. The first-order valence-corrected chi connectivity index (χ1v) is 8.21. The van der Waals surface area contributed by atoms with Crippen LogP contribution in [-0.4, -0.2) is 64.3 Å². The van der Waals surface area contributed by atoms with Gasteiger partial charge in [-0.2, -0.15) is 0 Å². The number of amides is 2. The molecule has 2 heterocycles. The van der Waals surface area contributed by atoms with Gasteiger partial charge in [0, 0.05) is 32.0 Å². The van der Waals surface area contributed by atoms with E-state index < -0.39 is 0 Å². The quantitative estimate of drug-likeness (QED) is 0.846. The minimum atomic E-state index is -0.124. The first-order valence-electron chi connectivity index (χ1n) is 8.21. The Kier molecular flexibility index (Phi) is 6.46. The van der Waals surface area contributed by atoms with Crippen LogP contribution in [0, 0.1) is 5.92 Å². The minimum Gasteiger partial charge on any atom is -0.343 e. The molecule has 2 amide bonds. The molecule has 0 aromatic carbocycles. The van der Waals surface area contributed by atoms with E-state index in [1.54, 1.807) is 6.20 Å². The number of rotatable bonds is 6. The molecule has 1 aromatic heterocycles. The molecule has 2 rings (SSSR count). The standard InChI is InChI=1S/C16H25N5O2/c1-3-21(4-2)16(23)13-6-5-9-20(11-13)12-15(22)19-14-10-17-7-8-18-14/h7-8,10,13H,3-6,9,11-12H2,1-2H3,(H,18,19,22)/t13-/m0/s1. The lowest BCUT2D eigenvalue weighted by Gasteiger charge is -2.34. The SMILES string of the molecule is CCN(CC)C(=O)[C@H]1CCCN(CC(=O)Nc2cnccn2)C1. The molecule has 0 unspecified atom stereocenters. The second kappa shape index (κ2) is 8.57. The van der Waals surface area contributed by atoms with Crippen LogP contribution in [0.25, 0.3) is 0 Å². The van der Waals surface area contributed by atoms with Crippen LogP contribution in [0.5, 0.6) is 0 Å². The molecule has 1 aliphatic heterocycles. The largest absolute Gasteiger partial charge is 0.343 e. The molecule has 0 radical (unpaired) electrons. The van der Waals surface area contributed by atoms with E-state index in [0.717, 1.165) is 32.5 Å². The van der Waals surface area contributed by atoms with E-state index in [1.165, 1.54) is 12.4 Å². The molecule has 7 nitrogen and oxygen atoms in total. The number of carbonyl (C=O) groups excluding carboxylic acids is 2. The fraction of sp³-hybridized carbons (Fsp3) is 0.625. The van der Waals surface area contributed by atoms with Crippen molar-refractivity contribution in [2.24, 2.45) is 5.92 Å². The molecule has 1 aliphatic rings. The van der Waals surface area contributed by atoms with E-state index in [2.05, 4.69) is 15.3 Å². The van der Waals surface area contributed by atoms with Crippen LogP contribution in [0.2, 0.25) is 0 Å². The predicted octanol–water partition coefficient (Wildman–Crippen LogP) is 0.995. The summed E-state index contributed by atoms with van der Waals surface area (Å²) < 4.78 is 0. The van der Waals surface area contributed by atoms with Crippen LogP contribution >= 0.6 is 0 Å². The molecule has 1 saturated heterocycles. The summed E-state index contributed by atoms with van der Waals surface area (Å²) in [7, 11) is 0. The van der Waals surface area contributed by atoms with Gasteiger partial charge in [-0.15, -0.1) is 0 Å². The van der Waals surface area contributed by atoms with E-state index in [9.17, 15) is 9.59 Å². The average molecular weight is 319 g/mol. The van der Waals surface area contributed by atoms with Gasteiger partial charge in [-0.25, -0.2) is 4.98 Å². The van der Waals surface area contributed by atoms with Gasteiger partial charge in [-0.1, -0.05) is 0 Å². The number of hydrogen-bond acceptors (Lipinski definition) is 5. The molecular weight excluding hydrogens is 294 g/mol. The van der Waals surface area contributed by atoms with Crippen LogP contribution in [0.4, 0.5) is 5.82 Å². The van der Waals surface area contributed by atoms with Gasteiger partial charge >= 0.3 is 0 Å². The van der Waals surface area contributed by atoms with Crippen molar-refractivity contribution in [2.45, 2.75) is 26.7 Å². The topological polar surface area (TPSA) is 78.4 Å². The molecule has 126 valence electrons. The van der Waals surface area contributed by atoms with Crippen LogP contribution in [0.1, 0.15) is 26.7 Å². The number of piperidine rings is 1. The Morgan fingerprint density at radius 1 is 1.35 bits per heavy atom. The predicted molar refractivity (Wildman–Crippen MR) is 87.8 cm³/mol. The lowest BCUT2D eigenvalue weighted by atomic mass is 9.96. The molecule has 0 aliphatic carbocycles. The second-order valence-electron chi connectivity index (χ2n) is 5.72. The van der Waals surface area contributed by atoms with E-state index in [4.69, 9.17) is 0 Å². The Labute approximate surface area is 137 Å². The molecule has 1 N–H and O–H groups in total. The van der Waals surface area contributed by atoms with Crippen LogP contribution in [-0.2, 0) is 9.59 Å². The number of aromatic nitrogens is 2. The molecule has 1 atom stereocenters. The Morgan fingerprint density at radius 3 is 2.78 bits per heavy atom. The van der Waals surface area contributed by atoms with Crippen LogP contribution < -0.4 is 5.32 Å². The van der Waals surface area contributed by atoms with Gasteiger partial charge in [0.2, 0.25) is 11.8 Å². The zero-order chi connectivity index (χ0) is 16.7. The first kappa shape index (κ1) is 17.3. The number of anilines is 1. The van der Waals surface area contributed by atoms with E-state index >= 15 is 0 Å². The Morgan fingerprint density at radius 2 is 2.13 bits per heavy atom. The zero-order valence-electron chi connectivity index (χ0n) is 13.9. The summed E-state index contributed by atoms with van der Waals surface area (Å²) in [5, 5.41) is 2.73. The third kappa shape index (κ3) is 4.99. The molecule has 0 spiro atoms. The third-order valence-corrected chi connectivity index (χ3v) is 4.13. The highest BCUT2D eigenvalue weighted by Crippen LogP contribution is 2.18. The average Bonchev–Trinajstić information content (AvgIpc) is 2.57. The van der Waals surface area contributed by atoms with E-state index in [0.29, 0.717) is 12.4 Å². The van der Waals surface area contributed by atoms with Crippen molar-refractivity contribution >= 4 is 17.6 Å². The smallest absolute Gasteiger partial charge is 0.239 e. The molecule has 1 fully saturated rings. The van der Waals surface area contributed by atoms with Crippen molar-refractivity contribution in [3.8, 4) is 0 Å². The van der Waals surface area contributed by atoms with Gasteiger partial charge in [0.05, 0.1) is 18.7 Å². The molecule has 0 saturated carbocycles. The van der Waals surface area contributed by atoms with Gasteiger partial charge in [0.25, 0.3) is 0 Å².